The van der Waals surface area contributed by atoms with Gasteiger partial charge in [-0.3, -0.25) is 4.79 Å². The fraction of sp³-hybridized carbons (Fsp3) is 0. The Bertz CT molecular complexity index is 725. The molecule has 0 fully saturated rings. The number of carbonyl (C=O) groups excluding carboxylic acids is 1. The Morgan fingerprint density at radius 1 is 1.35 bits per heavy atom. The van der Waals surface area contributed by atoms with Gasteiger partial charge in [-0.1, -0.05) is 17.7 Å². The molecule has 0 radical (unpaired) electrons. The van der Waals surface area contributed by atoms with Crippen molar-refractivity contribution in [3.05, 3.63) is 58.4 Å². The molecule has 0 aromatic heterocycles. The molecule has 1 amide bonds. The Morgan fingerprint density at radius 2 is 2.10 bits per heavy atom. The van der Waals surface area contributed by atoms with E-state index < -0.39 is 11.7 Å². The summed E-state index contributed by atoms with van der Waals surface area (Å²) in [5, 5.41) is 11.5. The molecule has 0 spiro atoms. The van der Waals surface area contributed by atoms with Crippen LogP contribution in [-0.4, -0.2) is 5.91 Å². The summed E-state index contributed by atoms with van der Waals surface area (Å²) in [4.78, 5) is 12.0. The Morgan fingerprint density at radius 3 is 2.75 bits per heavy atom. The number of hydrogen-bond donors (Lipinski definition) is 2. The maximum Gasteiger partial charge on any atom is 0.257 e. The SMILES string of the molecule is N#Cc1ccc(NC(=O)c2cccc(F)c2N)c(Cl)c1. The molecule has 0 saturated heterocycles. The molecule has 0 saturated carbocycles. The molecule has 6 heteroatoms. The first-order valence-electron chi connectivity index (χ1n) is 5.58. The molecule has 0 heterocycles. The molecule has 0 aliphatic rings. The normalized spacial score (nSPS) is 9.85. The Kier molecular flexibility index (Phi) is 3.87. The van der Waals surface area contributed by atoms with Gasteiger partial charge < -0.3 is 11.1 Å². The van der Waals surface area contributed by atoms with E-state index >= 15 is 0 Å². The van der Waals surface area contributed by atoms with E-state index in [0.717, 1.165) is 0 Å². The number of nitrogens with zero attached hydrogens (tertiary/aromatic N) is 1. The number of halogens is 2. The Labute approximate surface area is 119 Å². The van der Waals surface area contributed by atoms with Crippen LogP contribution < -0.4 is 11.1 Å². The molecule has 100 valence electrons. The minimum absolute atomic E-state index is 0.0189. The number of rotatable bonds is 2. The van der Waals surface area contributed by atoms with Crippen molar-refractivity contribution >= 4 is 28.9 Å². The summed E-state index contributed by atoms with van der Waals surface area (Å²) in [5.74, 6) is -1.24. The monoisotopic (exact) mass is 289 g/mol. The lowest BCUT2D eigenvalue weighted by molar-refractivity contribution is 0.102. The first-order chi connectivity index (χ1) is 9.52. The minimum Gasteiger partial charge on any atom is -0.396 e. The van der Waals surface area contributed by atoms with Crippen molar-refractivity contribution in [1.29, 1.82) is 5.26 Å². The number of amides is 1. The van der Waals surface area contributed by atoms with E-state index in [4.69, 9.17) is 22.6 Å². The van der Waals surface area contributed by atoms with Gasteiger partial charge in [0, 0.05) is 0 Å². The van der Waals surface area contributed by atoms with Gasteiger partial charge in [-0.2, -0.15) is 5.26 Å². The molecule has 0 bridgehead atoms. The number of nitrogens with one attached hydrogen (secondary N) is 1. The lowest BCUT2D eigenvalue weighted by atomic mass is 10.1. The molecule has 2 rings (SSSR count). The van der Waals surface area contributed by atoms with Crippen molar-refractivity contribution in [3.8, 4) is 6.07 Å². The largest absolute Gasteiger partial charge is 0.396 e. The third-order valence-electron chi connectivity index (χ3n) is 2.64. The molecular weight excluding hydrogens is 281 g/mol. The van der Waals surface area contributed by atoms with Crippen LogP contribution in [0.15, 0.2) is 36.4 Å². The molecular formula is C14H9ClFN3O. The van der Waals surface area contributed by atoms with Gasteiger partial charge in [0.25, 0.3) is 5.91 Å². The fourth-order valence-corrected chi connectivity index (χ4v) is 1.84. The lowest BCUT2D eigenvalue weighted by Gasteiger charge is -2.09. The van der Waals surface area contributed by atoms with Crippen molar-refractivity contribution in [2.75, 3.05) is 11.1 Å². The van der Waals surface area contributed by atoms with E-state index in [-0.39, 0.29) is 16.3 Å². The van der Waals surface area contributed by atoms with Crippen LogP contribution in [0.5, 0.6) is 0 Å². The summed E-state index contributed by atoms with van der Waals surface area (Å²) >= 11 is 5.94. The van der Waals surface area contributed by atoms with E-state index in [1.54, 1.807) is 0 Å². The number of benzene rings is 2. The minimum atomic E-state index is -0.663. The Balaban J connectivity index is 2.29. The van der Waals surface area contributed by atoms with E-state index in [0.29, 0.717) is 11.3 Å². The topological polar surface area (TPSA) is 78.9 Å². The number of para-hydroxylation sites is 1. The maximum atomic E-state index is 13.3. The van der Waals surface area contributed by atoms with Crippen LogP contribution in [0, 0.1) is 17.1 Å². The lowest BCUT2D eigenvalue weighted by Crippen LogP contribution is -2.15. The highest BCUT2D eigenvalue weighted by Crippen LogP contribution is 2.24. The van der Waals surface area contributed by atoms with Gasteiger partial charge in [-0.15, -0.1) is 0 Å². The zero-order valence-electron chi connectivity index (χ0n) is 10.2. The highest BCUT2D eigenvalue weighted by molar-refractivity contribution is 6.34. The number of carbonyl (C=O) groups is 1. The van der Waals surface area contributed by atoms with Crippen molar-refractivity contribution in [3.63, 3.8) is 0 Å². The van der Waals surface area contributed by atoms with E-state index in [1.807, 2.05) is 6.07 Å². The van der Waals surface area contributed by atoms with E-state index in [9.17, 15) is 9.18 Å². The average Bonchev–Trinajstić information content (AvgIpc) is 2.44. The molecule has 0 atom stereocenters. The van der Waals surface area contributed by atoms with Gasteiger partial charge in [0.2, 0.25) is 0 Å². The van der Waals surface area contributed by atoms with E-state index in [1.165, 1.54) is 36.4 Å². The van der Waals surface area contributed by atoms with E-state index in [2.05, 4.69) is 5.32 Å². The molecule has 0 aliphatic carbocycles. The quantitative estimate of drug-likeness (QED) is 0.833. The van der Waals surface area contributed by atoms with Crippen LogP contribution in [0.4, 0.5) is 15.8 Å². The highest BCUT2D eigenvalue weighted by Gasteiger charge is 2.14. The van der Waals surface area contributed by atoms with Crippen LogP contribution >= 0.6 is 11.6 Å². The summed E-state index contributed by atoms with van der Waals surface area (Å²) in [7, 11) is 0. The standard InChI is InChI=1S/C14H9ClFN3O/c15-10-6-8(7-17)4-5-12(10)19-14(20)9-2-1-3-11(16)13(9)18/h1-6H,18H2,(H,19,20). The number of hydrogen-bond acceptors (Lipinski definition) is 3. The molecule has 2 aromatic rings. The van der Waals surface area contributed by atoms with Crippen LogP contribution in [0.25, 0.3) is 0 Å². The van der Waals surface area contributed by atoms with Gasteiger partial charge in [-0.25, -0.2) is 4.39 Å². The number of anilines is 2. The van der Waals surface area contributed by atoms with Crippen LogP contribution in [0.3, 0.4) is 0 Å². The summed E-state index contributed by atoms with van der Waals surface area (Å²) in [6.45, 7) is 0. The molecule has 2 aromatic carbocycles. The van der Waals surface area contributed by atoms with Crippen LogP contribution in [0.1, 0.15) is 15.9 Å². The summed E-state index contributed by atoms with van der Waals surface area (Å²) in [6, 6.07) is 10.3. The summed E-state index contributed by atoms with van der Waals surface area (Å²) in [6.07, 6.45) is 0. The van der Waals surface area contributed by atoms with Gasteiger partial charge in [-0.05, 0) is 30.3 Å². The summed E-state index contributed by atoms with van der Waals surface area (Å²) in [5.41, 5.74) is 5.99. The predicted molar refractivity (Wildman–Crippen MR) is 74.9 cm³/mol. The second kappa shape index (κ2) is 5.59. The van der Waals surface area contributed by atoms with Crippen molar-refractivity contribution < 1.29 is 9.18 Å². The summed E-state index contributed by atoms with van der Waals surface area (Å²) < 4.78 is 13.3. The smallest absolute Gasteiger partial charge is 0.257 e. The van der Waals surface area contributed by atoms with Crippen LogP contribution in [0.2, 0.25) is 5.02 Å². The first-order valence-corrected chi connectivity index (χ1v) is 5.95. The van der Waals surface area contributed by atoms with Crippen molar-refractivity contribution in [1.82, 2.24) is 0 Å². The molecule has 20 heavy (non-hydrogen) atoms. The highest BCUT2D eigenvalue weighted by atomic mass is 35.5. The zero-order valence-corrected chi connectivity index (χ0v) is 10.9. The zero-order chi connectivity index (χ0) is 14.7. The third kappa shape index (κ3) is 2.71. The molecule has 3 N–H and O–H groups in total. The van der Waals surface area contributed by atoms with Gasteiger partial charge in [0.1, 0.15) is 5.82 Å². The number of nitrogen functional groups attached to an aromatic ring is 1. The second-order valence-electron chi connectivity index (χ2n) is 3.96. The third-order valence-corrected chi connectivity index (χ3v) is 2.96. The Hall–Kier alpha value is -2.58. The maximum absolute atomic E-state index is 13.3. The van der Waals surface area contributed by atoms with Crippen molar-refractivity contribution in [2.45, 2.75) is 0 Å². The second-order valence-corrected chi connectivity index (χ2v) is 4.37. The fourth-order valence-electron chi connectivity index (χ4n) is 1.61. The average molecular weight is 290 g/mol. The van der Waals surface area contributed by atoms with Crippen LogP contribution in [-0.2, 0) is 0 Å². The first kappa shape index (κ1) is 13.8. The van der Waals surface area contributed by atoms with Gasteiger partial charge in [0.15, 0.2) is 0 Å². The number of nitrogens with two attached hydrogens (primary N) is 1. The molecule has 4 nitrogen and oxygen atoms in total. The number of nitriles is 1. The van der Waals surface area contributed by atoms with Gasteiger partial charge >= 0.3 is 0 Å². The van der Waals surface area contributed by atoms with Crippen molar-refractivity contribution in [2.24, 2.45) is 0 Å². The predicted octanol–water partition coefficient (Wildman–Crippen LogP) is 3.19. The van der Waals surface area contributed by atoms with Gasteiger partial charge in [0.05, 0.1) is 33.6 Å². The molecule has 0 unspecified atom stereocenters. The molecule has 0 aliphatic heterocycles.